The molecule has 152 valence electrons. The van der Waals surface area contributed by atoms with Crippen molar-refractivity contribution >= 4 is 22.9 Å². The molecule has 0 bridgehead atoms. The number of aliphatic hydroxyl groups is 1. The van der Waals surface area contributed by atoms with Crippen LogP contribution in [0.3, 0.4) is 0 Å². The molecule has 0 aliphatic heterocycles. The molecule has 1 fully saturated rings. The number of nitrogens with zero attached hydrogens (tertiary/aromatic N) is 3. The van der Waals surface area contributed by atoms with Crippen molar-refractivity contribution < 1.29 is 9.90 Å². The lowest BCUT2D eigenvalue weighted by Gasteiger charge is -2.15. The lowest BCUT2D eigenvalue weighted by Crippen LogP contribution is -2.19. The van der Waals surface area contributed by atoms with Crippen LogP contribution < -0.4 is 5.32 Å². The molecule has 3 heterocycles. The van der Waals surface area contributed by atoms with Gasteiger partial charge in [-0.05, 0) is 60.2 Å². The van der Waals surface area contributed by atoms with E-state index in [0.29, 0.717) is 28.1 Å². The molecule has 0 aromatic carbocycles. The number of aliphatic hydroxyl groups excluding tert-OH is 1. The number of nitrogens with one attached hydrogen (secondary N) is 1. The zero-order valence-electron chi connectivity index (χ0n) is 16.7. The molecule has 1 aliphatic carbocycles. The number of thiophene rings is 1. The number of aromatic nitrogens is 3. The van der Waals surface area contributed by atoms with Crippen LogP contribution in [0.15, 0.2) is 42.4 Å². The van der Waals surface area contributed by atoms with Crippen LogP contribution in [0.1, 0.15) is 46.1 Å². The molecule has 0 saturated heterocycles. The highest BCUT2D eigenvalue weighted by atomic mass is 32.1. The molecule has 29 heavy (non-hydrogen) atoms. The maximum atomic E-state index is 13.1. The van der Waals surface area contributed by atoms with E-state index in [9.17, 15) is 9.90 Å². The van der Waals surface area contributed by atoms with Crippen molar-refractivity contribution in [3.05, 3.63) is 64.0 Å². The molecule has 3 aromatic heterocycles. The van der Waals surface area contributed by atoms with E-state index in [1.54, 1.807) is 6.20 Å². The third kappa shape index (κ3) is 4.41. The van der Waals surface area contributed by atoms with Gasteiger partial charge in [0, 0.05) is 37.8 Å². The quantitative estimate of drug-likeness (QED) is 0.580. The summed E-state index contributed by atoms with van der Waals surface area (Å²) in [6.07, 6.45) is 9.04. The molecule has 0 unspecified atom stereocenters. The molecule has 4 rings (SSSR count). The van der Waals surface area contributed by atoms with Crippen LogP contribution >= 0.6 is 11.3 Å². The first-order valence-electron chi connectivity index (χ1n) is 9.95. The molecule has 0 amide bonds. The SMILES string of the molecule is Cc1ccn(Cc2csc(C(=O)c3cncnc3N[C@@H]3C[C@H](CO)[C@@H](C)C3)c2)c1. The Morgan fingerprint density at radius 3 is 3.00 bits per heavy atom. The maximum absolute atomic E-state index is 13.1. The van der Waals surface area contributed by atoms with Crippen LogP contribution in [0.4, 0.5) is 5.82 Å². The summed E-state index contributed by atoms with van der Waals surface area (Å²) in [6, 6.07) is 4.24. The van der Waals surface area contributed by atoms with Crippen LogP contribution in [0, 0.1) is 18.8 Å². The number of rotatable bonds is 7. The maximum Gasteiger partial charge on any atom is 0.208 e. The largest absolute Gasteiger partial charge is 0.396 e. The summed E-state index contributed by atoms with van der Waals surface area (Å²) < 4.78 is 2.11. The number of anilines is 1. The Balaban J connectivity index is 1.49. The van der Waals surface area contributed by atoms with Crippen LogP contribution in [-0.4, -0.2) is 38.1 Å². The zero-order valence-corrected chi connectivity index (χ0v) is 17.5. The average molecular weight is 411 g/mol. The Morgan fingerprint density at radius 1 is 1.41 bits per heavy atom. The lowest BCUT2D eigenvalue weighted by atomic mass is 10.00. The number of hydrogen-bond acceptors (Lipinski definition) is 6. The van der Waals surface area contributed by atoms with Gasteiger partial charge in [0.2, 0.25) is 5.78 Å². The van der Waals surface area contributed by atoms with Crippen LogP contribution in [0.5, 0.6) is 0 Å². The normalized spacial score (nSPS) is 21.4. The topological polar surface area (TPSA) is 80.0 Å². The Bertz CT molecular complexity index is 996. The fourth-order valence-electron chi connectivity index (χ4n) is 4.09. The van der Waals surface area contributed by atoms with Gasteiger partial charge in [0.05, 0.1) is 10.4 Å². The minimum Gasteiger partial charge on any atom is -0.396 e. The van der Waals surface area contributed by atoms with Crippen molar-refractivity contribution in [1.82, 2.24) is 14.5 Å². The van der Waals surface area contributed by atoms with E-state index in [0.717, 1.165) is 24.9 Å². The predicted molar refractivity (Wildman–Crippen MR) is 114 cm³/mol. The Morgan fingerprint density at radius 2 is 2.28 bits per heavy atom. The molecular formula is C22H26N4O2S. The third-order valence-corrected chi connectivity index (χ3v) is 6.70. The smallest absolute Gasteiger partial charge is 0.208 e. The Hall–Kier alpha value is -2.51. The van der Waals surface area contributed by atoms with E-state index >= 15 is 0 Å². The Kier molecular flexibility index (Phi) is 5.78. The molecule has 6 nitrogen and oxygen atoms in total. The summed E-state index contributed by atoms with van der Waals surface area (Å²) in [5.74, 6) is 1.27. The van der Waals surface area contributed by atoms with Gasteiger partial charge in [0.15, 0.2) is 0 Å². The van der Waals surface area contributed by atoms with Gasteiger partial charge in [0.25, 0.3) is 0 Å². The third-order valence-electron chi connectivity index (χ3n) is 5.72. The van der Waals surface area contributed by atoms with Crippen molar-refractivity contribution in [3.63, 3.8) is 0 Å². The fraction of sp³-hybridized carbons (Fsp3) is 0.409. The second-order valence-electron chi connectivity index (χ2n) is 8.03. The van der Waals surface area contributed by atoms with Crippen molar-refractivity contribution in [2.75, 3.05) is 11.9 Å². The second-order valence-corrected chi connectivity index (χ2v) is 8.94. The highest BCUT2D eigenvalue weighted by molar-refractivity contribution is 7.12. The Labute approximate surface area is 174 Å². The van der Waals surface area contributed by atoms with Crippen molar-refractivity contribution in [2.24, 2.45) is 11.8 Å². The standard InChI is InChI=1S/C22H26N4O2S/c1-14-3-4-26(9-14)10-16-6-20(29-12-16)21(28)19-8-23-13-24-22(19)25-18-5-15(2)17(7-18)11-27/h3-4,6,8-9,12-13,15,17-18,27H,5,7,10-11H2,1-2H3,(H,23,24,25)/t15-,17+,18-/m0/s1. The highest BCUT2D eigenvalue weighted by Crippen LogP contribution is 2.33. The molecular weight excluding hydrogens is 384 g/mol. The summed E-state index contributed by atoms with van der Waals surface area (Å²) in [4.78, 5) is 22.2. The monoisotopic (exact) mass is 410 g/mol. The van der Waals surface area contributed by atoms with Gasteiger partial charge < -0.3 is 15.0 Å². The number of ketones is 1. The van der Waals surface area contributed by atoms with Gasteiger partial charge in [-0.2, -0.15) is 0 Å². The average Bonchev–Trinajstić information content (AvgIpc) is 3.42. The van der Waals surface area contributed by atoms with Crippen molar-refractivity contribution in [2.45, 2.75) is 39.3 Å². The molecule has 1 saturated carbocycles. The molecule has 3 atom stereocenters. The van der Waals surface area contributed by atoms with E-state index in [-0.39, 0.29) is 18.4 Å². The summed E-state index contributed by atoms with van der Waals surface area (Å²) in [6.45, 7) is 5.18. The molecule has 7 heteroatoms. The molecule has 3 aromatic rings. The molecule has 1 aliphatic rings. The van der Waals surface area contributed by atoms with Crippen LogP contribution in [0.2, 0.25) is 0 Å². The van der Waals surface area contributed by atoms with Crippen LogP contribution in [0.25, 0.3) is 0 Å². The van der Waals surface area contributed by atoms with Gasteiger partial charge in [-0.25, -0.2) is 9.97 Å². The predicted octanol–water partition coefficient (Wildman–Crippen LogP) is 3.75. The minimum atomic E-state index is -0.0576. The van der Waals surface area contributed by atoms with E-state index in [4.69, 9.17) is 0 Å². The second kappa shape index (κ2) is 8.47. The van der Waals surface area contributed by atoms with Gasteiger partial charge in [-0.3, -0.25) is 4.79 Å². The van der Waals surface area contributed by atoms with E-state index < -0.39 is 0 Å². The number of carbonyl (C=O) groups excluding carboxylic acids is 1. The number of hydrogen-bond donors (Lipinski definition) is 2. The summed E-state index contributed by atoms with van der Waals surface area (Å²) in [5.41, 5.74) is 2.83. The van der Waals surface area contributed by atoms with E-state index in [1.165, 1.54) is 23.2 Å². The molecule has 0 radical (unpaired) electrons. The first kappa shape index (κ1) is 19.8. The number of carbonyl (C=O) groups is 1. The van der Waals surface area contributed by atoms with Crippen molar-refractivity contribution in [1.29, 1.82) is 0 Å². The summed E-state index contributed by atoms with van der Waals surface area (Å²) in [7, 11) is 0. The van der Waals surface area contributed by atoms with Gasteiger partial charge in [0.1, 0.15) is 12.1 Å². The summed E-state index contributed by atoms with van der Waals surface area (Å²) in [5, 5.41) is 15.0. The zero-order chi connectivity index (χ0) is 20.4. The van der Waals surface area contributed by atoms with Crippen LogP contribution in [-0.2, 0) is 6.54 Å². The highest BCUT2D eigenvalue weighted by Gasteiger charge is 2.31. The first-order valence-corrected chi connectivity index (χ1v) is 10.8. The number of aryl methyl sites for hydroxylation is 1. The lowest BCUT2D eigenvalue weighted by molar-refractivity contribution is 0.104. The van der Waals surface area contributed by atoms with Gasteiger partial charge in [-0.1, -0.05) is 6.92 Å². The molecule has 2 N–H and O–H groups in total. The van der Waals surface area contributed by atoms with Gasteiger partial charge in [-0.15, -0.1) is 11.3 Å². The first-order chi connectivity index (χ1) is 14.0. The minimum absolute atomic E-state index is 0.0576. The summed E-state index contributed by atoms with van der Waals surface area (Å²) >= 11 is 1.46. The van der Waals surface area contributed by atoms with E-state index in [2.05, 4.69) is 46.0 Å². The van der Waals surface area contributed by atoms with E-state index in [1.807, 2.05) is 17.6 Å². The fourth-order valence-corrected chi connectivity index (χ4v) is 4.95. The van der Waals surface area contributed by atoms with Crippen molar-refractivity contribution in [3.8, 4) is 0 Å². The van der Waals surface area contributed by atoms with Gasteiger partial charge >= 0.3 is 0 Å². The molecule has 0 spiro atoms.